The van der Waals surface area contributed by atoms with Crippen molar-refractivity contribution in [3.8, 4) is 11.3 Å². The Hall–Kier alpha value is -2.83. The summed E-state index contributed by atoms with van der Waals surface area (Å²) in [6.07, 6.45) is -0.337. The number of halogens is 2. The van der Waals surface area contributed by atoms with Crippen molar-refractivity contribution >= 4 is 12.0 Å². The molecule has 1 aliphatic rings. The molecule has 7 heteroatoms. The van der Waals surface area contributed by atoms with Gasteiger partial charge in [0.2, 0.25) is 0 Å². The lowest BCUT2D eigenvalue weighted by Crippen LogP contribution is -2.44. The number of carbonyl (C=O) groups is 2. The lowest BCUT2D eigenvalue weighted by atomic mass is 10.0. The Morgan fingerprint density at radius 3 is 2.54 bits per heavy atom. The first kappa shape index (κ1) is 18.0. The molecule has 2 heterocycles. The quantitative estimate of drug-likeness (QED) is 0.772. The molecule has 3 rings (SSSR count). The number of aromatic nitrogens is 1. The summed E-state index contributed by atoms with van der Waals surface area (Å²) in [7, 11) is 0. The van der Waals surface area contributed by atoms with E-state index in [-0.39, 0.29) is 6.54 Å². The maximum atomic E-state index is 13.4. The number of hydrogen-bond donors (Lipinski definition) is 0. The smallest absolute Gasteiger partial charge is 0.417 e. The summed E-state index contributed by atoms with van der Waals surface area (Å²) in [4.78, 5) is 30.2. The van der Waals surface area contributed by atoms with Crippen LogP contribution in [-0.2, 0) is 11.2 Å². The molecule has 0 fully saturated rings. The number of rotatable bonds is 1. The number of hydrogen-bond acceptors (Lipinski definition) is 4. The minimum Gasteiger partial charge on any atom is -0.443 e. The lowest BCUT2D eigenvalue weighted by Gasteiger charge is -2.29. The molecule has 0 aliphatic carbocycles. The zero-order valence-electron chi connectivity index (χ0n) is 14.7. The van der Waals surface area contributed by atoms with Crippen molar-refractivity contribution < 1.29 is 23.1 Å². The Bertz CT molecular complexity index is 891. The minimum atomic E-state index is -0.964. The van der Waals surface area contributed by atoms with Gasteiger partial charge in [0.15, 0.2) is 11.6 Å². The van der Waals surface area contributed by atoms with Crippen molar-refractivity contribution in [1.82, 2.24) is 9.88 Å². The van der Waals surface area contributed by atoms with Gasteiger partial charge in [0.1, 0.15) is 5.60 Å². The summed E-state index contributed by atoms with van der Waals surface area (Å²) >= 11 is 0. The van der Waals surface area contributed by atoms with Crippen molar-refractivity contribution in [2.45, 2.75) is 32.8 Å². The van der Waals surface area contributed by atoms with Crippen molar-refractivity contribution in [2.75, 3.05) is 6.54 Å². The third-order valence-corrected chi connectivity index (χ3v) is 3.85. The van der Waals surface area contributed by atoms with Crippen LogP contribution in [-0.4, -0.2) is 34.0 Å². The largest absolute Gasteiger partial charge is 0.443 e. The van der Waals surface area contributed by atoms with Gasteiger partial charge in [0.05, 0.1) is 17.0 Å². The Kier molecular flexibility index (Phi) is 4.48. The van der Waals surface area contributed by atoms with Crippen molar-refractivity contribution in [3.63, 3.8) is 0 Å². The fourth-order valence-electron chi connectivity index (χ4n) is 2.66. The fraction of sp³-hybridized carbons (Fsp3) is 0.316. The molecular weight excluding hydrogens is 342 g/mol. The first-order valence-electron chi connectivity index (χ1n) is 8.16. The molecule has 0 radical (unpaired) electrons. The number of carbonyl (C=O) groups excluding carboxylic acids is 2. The molecule has 2 amide bonds. The van der Waals surface area contributed by atoms with Gasteiger partial charge >= 0.3 is 6.09 Å². The van der Waals surface area contributed by atoms with Gasteiger partial charge in [-0.15, -0.1) is 0 Å². The lowest BCUT2D eigenvalue weighted by molar-refractivity contribution is 0.0232. The predicted octanol–water partition coefficient (Wildman–Crippen LogP) is 3.96. The van der Waals surface area contributed by atoms with E-state index >= 15 is 0 Å². The standard InChI is InChI=1S/C19H18F2N2O3/c1-19(2,3)26-18(25)23-9-8-16-12(17(23)24)5-7-15(22-16)11-4-6-13(20)14(21)10-11/h4-7,10H,8-9H2,1-3H3. The molecule has 0 N–H and O–H groups in total. The number of fused-ring (bicyclic) bond motifs is 1. The van der Waals surface area contributed by atoms with Gasteiger partial charge < -0.3 is 4.74 Å². The number of benzene rings is 1. The summed E-state index contributed by atoms with van der Waals surface area (Å²) in [6, 6.07) is 6.59. The van der Waals surface area contributed by atoms with Crippen LogP contribution in [0.15, 0.2) is 30.3 Å². The average molecular weight is 360 g/mol. The average Bonchev–Trinajstić information content (AvgIpc) is 2.55. The van der Waals surface area contributed by atoms with Crippen LogP contribution >= 0.6 is 0 Å². The molecule has 0 atom stereocenters. The fourth-order valence-corrected chi connectivity index (χ4v) is 2.66. The van der Waals surface area contributed by atoms with Crippen LogP contribution in [0.5, 0.6) is 0 Å². The second-order valence-electron chi connectivity index (χ2n) is 7.01. The Morgan fingerprint density at radius 1 is 1.15 bits per heavy atom. The molecule has 26 heavy (non-hydrogen) atoms. The van der Waals surface area contributed by atoms with E-state index in [1.54, 1.807) is 26.8 Å². The van der Waals surface area contributed by atoms with Gasteiger partial charge in [0.25, 0.3) is 5.91 Å². The van der Waals surface area contributed by atoms with Crippen LogP contribution in [0.4, 0.5) is 13.6 Å². The van der Waals surface area contributed by atoms with E-state index in [0.717, 1.165) is 17.0 Å². The summed E-state index contributed by atoms with van der Waals surface area (Å²) in [5, 5.41) is 0. The second kappa shape index (κ2) is 6.48. The van der Waals surface area contributed by atoms with Crippen LogP contribution in [0.2, 0.25) is 0 Å². The van der Waals surface area contributed by atoms with Gasteiger partial charge in [-0.3, -0.25) is 9.78 Å². The van der Waals surface area contributed by atoms with E-state index in [2.05, 4.69) is 4.98 Å². The van der Waals surface area contributed by atoms with Crippen molar-refractivity contribution in [3.05, 3.63) is 53.2 Å². The highest BCUT2D eigenvalue weighted by Gasteiger charge is 2.33. The van der Waals surface area contributed by atoms with Gasteiger partial charge in [-0.1, -0.05) is 0 Å². The van der Waals surface area contributed by atoms with Crippen LogP contribution < -0.4 is 0 Å². The molecule has 5 nitrogen and oxygen atoms in total. The van der Waals surface area contributed by atoms with E-state index in [9.17, 15) is 18.4 Å². The first-order chi connectivity index (χ1) is 12.2. The molecule has 2 aromatic rings. The van der Waals surface area contributed by atoms with Gasteiger partial charge in [0, 0.05) is 18.5 Å². The highest BCUT2D eigenvalue weighted by molar-refractivity contribution is 6.04. The van der Waals surface area contributed by atoms with E-state index < -0.39 is 29.2 Å². The van der Waals surface area contributed by atoms with Crippen molar-refractivity contribution in [2.24, 2.45) is 0 Å². The first-order valence-corrected chi connectivity index (χ1v) is 8.16. The number of nitrogens with zero attached hydrogens (tertiary/aromatic N) is 2. The monoisotopic (exact) mass is 360 g/mol. The third kappa shape index (κ3) is 3.56. The van der Waals surface area contributed by atoms with Crippen LogP contribution in [0, 0.1) is 11.6 Å². The Morgan fingerprint density at radius 2 is 1.88 bits per heavy atom. The number of ether oxygens (including phenoxy) is 1. The van der Waals surface area contributed by atoms with Crippen LogP contribution in [0.1, 0.15) is 36.8 Å². The molecule has 0 unspecified atom stereocenters. The maximum absolute atomic E-state index is 13.4. The predicted molar refractivity (Wildman–Crippen MR) is 90.6 cm³/mol. The summed E-state index contributed by atoms with van der Waals surface area (Å²) in [6.45, 7) is 5.32. The molecule has 0 bridgehead atoms. The van der Waals surface area contributed by atoms with Crippen molar-refractivity contribution in [1.29, 1.82) is 0 Å². The summed E-state index contributed by atoms with van der Waals surface area (Å²) < 4.78 is 31.8. The van der Waals surface area contributed by atoms with Gasteiger partial charge in [-0.2, -0.15) is 0 Å². The number of pyridine rings is 1. The molecular formula is C19H18F2N2O3. The topological polar surface area (TPSA) is 59.5 Å². The normalized spacial score (nSPS) is 14.2. The van der Waals surface area contributed by atoms with Gasteiger partial charge in [-0.25, -0.2) is 18.5 Å². The van der Waals surface area contributed by atoms with E-state index in [0.29, 0.717) is 28.9 Å². The molecule has 1 aromatic heterocycles. The molecule has 1 aromatic carbocycles. The molecule has 1 aliphatic heterocycles. The highest BCUT2D eigenvalue weighted by atomic mass is 19.2. The van der Waals surface area contributed by atoms with Gasteiger partial charge in [-0.05, 0) is 51.1 Å². The molecule has 0 spiro atoms. The Balaban J connectivity index is 1.87. The number of imide groups is 1. The second-order valence-corrected chi connectivity index (χ2v) is 7.01. The van der Waals surface area contributed by atoms with E-state index in [4.69, 9.17) is 4.74 Å². The summed E-state index contributed by atoms with van der Waals surface area (Å²) in [5.41, 5.74) is 0.951. The van der Waals surface area contributed by atoms with Crippen LogP contribution in [0.3, 0.4) is 0 Å². The third-order valence-electron chi connectivity index (χ3n) is 3.85. The Labute approximate surface area is 149 Å². The molecule has 0 saturated heterocycles. The zero-order valence-corrected chi connectivity index (χ0v) is 14.7. The molecule has 136 valence electrons. The summed E-state index contributed by atoms with van der Waals surface area (Å²) in [5.74, 6) is -2.38. The van der Waals surface area contributed by atoms with Crippen LogP contribution in [0.25, 0.3) is 11.3 Å². The number of amides is 2. The minimum absolute atomic E-state index is 0.148. The molecule has 0 saturated carbocycles. The maximum Gasteiger partial charge on any atom is 0.417 e. The van der Waals surface area contributed by atoms with E-state index in [1.165, 1.54) is 12.1 Å². The van der Waals surface area contributed by atoms with E-state index in [1.807, 2.05) is 0 Å². The zero-order chi connectivity index (χ0) is 19.1. The highest BCUT2D eigenvalue weighted by Crippen LogP contribution is 2.25. The SMILES string of the molecule is CC(C)(C)OC(=O)N1CCc2nc(-c3ccc(F)c(F)c3)ccc2C1=O.